The highest BCUT2D eigenvalue weighted by molar-refractivity contribution is 5.90. The predicted molar refractivity (Wildman–Crippen MR) is 232 cm³/mol. The average molecular weight is 855 g/mol. The van der Waals surface area contributed by atoms with E-state index < -0.39 is 53.4 Å². The first-order valence-corrected chi connectivity index (χ1v) is 21.9. The molecule has 1 aliphatic carbocycles. The van der Waals surface area contributed by atoms with E-state index >= 15 is 0 Å². The Morgan fingerprint density at radius 2 is 1.45 bits per heavy atom. The number of amides is 5. The van der Waals surface area contributed by atoms with Gasteiger partial charge in [-0.15, -0.1) is 0 Å². The summed E-state index contributed by atoms with van der Waals surface area (Å²) in [6, 6.07) is -2.76. The van der Waals surface area contributed by atoms with Crippen molar-refractivity contribution < 1.29 is 48.1 Å². The summed E-state index contributed by atoms with van der Waals surface area (Å²) < 4.78 is 17.1. The molecule has 1 saturated carbocycles. The Morgan fingerprint density at radius 1 is 0.850 bits per heavy atom. The maximum atomic E-state index is 14.3. The van der Waals surface area contributed by atoms with Gasteiger partial charge in [-0.1, -0.05) is 54.9 Å². The maximum Gasteiger partial charge on any atom is 0.410 e. The molecule has 0 aromatic heterocycles. The monoisotopic (exact) mass is 855 g/mol. The van der Waals surface area contributed by atoms with Gasteiger partial charge in [0.15, 0.2) is 0 Å². The number of carboxylic acid groups (broad SMARTS) is 1. The van der Waals surface area contributed by atoms with Crippen LogP contribution in [0.25, 0.3) is 0 Å². The summed E-state index contributed by atoms with van der Waals surface area (Å²) in [5, 5.41) is 17.8. The number of methoxy groups -OCH3 is 2. The number of hydrogen-bond donors (Lipinski definition) is 4. The van der Waals surface area contributed by atoms with Crippen LogP contribution >= 0.6 is 0 Å². The summed E-state index contributed by atoms with van der Waals surface area (Å²) in [5.41, 5.74) is -1.24. The molecule has 5 amide bonds. The highest BCUT2D eigenvalue weighted by Crippen LogP contribution is 2.54. The van der Waals surface area contributed by atoms with Crippen molar-refractivity contribution in [3.8, 4) is 0 Å². The molecule has 0 radical (unpaired) electrons. The van der Waals surface area contributed by atoms with E-state index in [1.165, 1.54) is 14.0 Å². The lowest BCUT2D eigenvalue weighted by Gasteiger charge is -2.40. The molecule has 1 fully saturated rings. The van der Waals surface area contributed by atoms with Crippen LogP contribution in [0.2, 0.25) is 0 Å². The zero-order valence-corrected chi connectivity index (χ0v) is 39.8. The summed E-state index contributed by atoms with van der Waals surface area (Å²) in [5.74, 6) is -2.91. The molecule has 0 aliphatic heterocycles. The number of likely N-dealkylation sites (N-methyl/N-ethyl adjacent to an activating group) is 2. The Hall–Kier alpha value is -3.50. The van der Waals surface area contributed by atoms with Crippen LogP contribution in [0, 0.1) is 29.6 Å². The van der Waals surface area contributed by atoms with Crippen LogP contribution in [0.3, 0.4) is 0 Å². The molecule has 1 rings (SSSR count). The van der Waals surface area contributed by atoms with Gasteiger partial charge in [0.25, 0.3) is 0 Å². The zero-order valence-electron chi connectivity index (χ0n) is 39.8. The second-order valence-electron chi connectivity index (χ2n) is 18.7. The van der Waals surface area contributed by atoms with Crippen LogP contribution in [0.15, 0.2) is 0 Å². The summed E-state index contributed by atoms with van der Waals surface area (Å²) in [6.07, 6.45) is 3.29. The molecule has 9 atom stereocenters. The minimum atomic E-state index is -1.11. The van der Waals surface area contributed by atoms with E-state index in [0.717, 1.165) is 19.3 Å². The van der Waals surface area contributed by atoms with E-state index in [9.17, 15) is 33.9 Å². The number of carboxylic acids is 1. The molecule has 0 aromatic carbocycles. The van der Waals surface area contributed by atoms with Crippen molar-refractivity contribution in [2.45, 2.75) is 163 Å². The third kappa shape index (κ3) is 16.4. The lowest BCUT2D eigenvalue weighted by atomic mass is 9.89. The number of unbranched alkanes of at least 4 members (excludes halogenated alkanes) is 1. The molecule has 16 heteroatoms. The first-order valence-electron chi connectivity index (χ1n) is 21.9. The molecule has 0 aromatic rings. The van der Waals surface area contributed by atoms with E-state index in [1.54, 1.807) is 37.9 Å². The van der Waals surface area contributed by atoms with Crippen LogP contribution < -0.4 is 16.0 Å². The van der Waals surface area contributed by atoms with Gasteiger partial charge in [0.1, 0.15) is 17.7 Å². The Kier molecular flexibility index (Phi) is 22.6. The second-order valence-corrected chi connectivity index (χ2v) is 18.7. The average Bonchev–Trinajstić information content (AvgIpc) is 3.88. The number of rotatable bonds is 27. The minimum absolute atomic E-state index is 0.0278. The van der Waals surface area contributed by atoms with Crippen molar-refractivity contribution in [2.24, 2.45) is 29.6 Å². The van der Waals surface area contributed by atoms with Crippen molar-refractivity contribution in [1.29, 1.82) is 0 Å². The van der Waals surface area contributed by atoms with E-state index in [0.29, 0.717) is 38.9 Å². The number of ether oxygens (including phenoxy) is 3. The second kappa shape index (κ2) is 24.8. The molecular formula is C44H82N6O10. The van der Waals surface area contributed by atoms with Crippen LogP contribution in [0.1, 0.15) is 121 Å². The molecule has 60 heavy (non-hydrogen) atoms. The summed E-state index contributed by atoms with van der Waals surface area (Å²) in [7, 11) is 8.43. The zero-order chi connectivity index (χ0) is 46.3. The number of carbonyl (C=O) groups excluding carboxylic acids is 5. The van der Waals surface area contributed by atoms with Crippen molar-refractivity contribution in [3.63, 3.8) is 0 Å². The van der Waals surface area contributed by atoms with Gasteiger partial charge >= 0.3 is 12.1 Å². The third-order valence-corrected chi connectivity index (χ3v) is 12.0. The molecule has 0 unspecified atom stereocenters. The number of nitrogens with one attached hydrogen (secondary N) is 3. The highest BCUT2D eigenvalue weighted by Gasteiger charge is 2.59. The molecule has 348 valence electrons. The van der Waals surface area contributed by atoms with Gasteiger partial charge in [-0.05, 0) is 97.1 Å². The normalized spacial score (nSPS) is 20.0. The number of hydrogen-bond acceptors (Lipinski definition) is 10. The standard InChI is InChI=1S/C44H82N6O10/c1-17-29(6)37(33(58-15)25-34(51)45-22-20-21-32-26-44(32,59-16)30(7)38(52)46-31(8)41(55)56)50(14)40(54)35(27(2)3)47-39(53)36(28(4)5)48(12)23-18-19-24-49(13)42(57)60-43(9,10)11/h27-33,35-37H,17-26H2,1-16H3,(H,45,51)(H,46,52)(H,47,53)(H,55,56)/t29-,30-,31-,32+,33+,35-,36-,37-,44+/m0/s1. The largest absolute Gasteiger partial charge is 0.480 e. The fraction of sp³-hybridized carbons (Fsp3) is 0.864. The van der Waals surface area contributed by atoms with Gasteiger partial charge in [-0.25, -0.2) is 4.79 Å². The molecule has 4 N–H and O–H groups in total. The Labute approximate surface area is 360 Å². The Morgan fingerprint density at radius 3 is 1.95 bits per heavy atom. The summed E-state index contributed by atoms with van der Waals surface area (Å²) in [6.45, 7) is 22.0. The number of aliphatic carboxylic acids is 1. The minimum Gasteiger partial charge on any atom is -0.480 e. The predicted octanol–water partition coefficient (Wildman–Crippen LogP) is 4.54. The van der Waals surface area contributed by atoms with E-state index in [1.807, 2.05) is 74.3 Å². The van der Waals surface area contributed by atoms with Crippen molar-refractivity contribution >= 4 is 35.7 Å². The quantitative estimate of drug-likeness (QED) is 0.0848. The molecule has 0 heterocycles. The summed E-state index contributed by atoms with van der Waals surface area (Å²) in [4.78, 5) is 83.1. The molecule has 0 bridgehead atoms. The first-order chi connectivity index (χ1) is 27.8. The van der Waals surface area contributed by atoms with Crippen molar-refractivity contribution in [1.82, 2.24) is 30.7 Å². The molecular weight excluding hydrogens is 773 g/mol. The lowest BCUT2D eigenvalue weighted by molar-refractivity contribution is -0.144. The Bertz CT molecular complexity index is 1410. The first kappa shape index (κ1) is 54.5. The lowest BCUT2D eigenvalue weighted by Crippen LogP contribution is -2.59. The molecule has 0 saturated heterocycles. The van der Waals surface area contributed by atoms with E-state index in [-0.39, 0.29) is 59.8 Å². The smallest absolute Gasteiger partial charge is 0.410 e. The van der Waals surface area contributed by atoms with Crippen LogP contribution in [-0.4, -0.2) is 152 Å². The molecule has 0 spiro atoms. The van der Waals surface area contributed by atoms with Gasteiger partial charge in [0.2, 0.25) is 23.6 Å². The highest BCUT2D eigenvalue weighted by atomic mass is 16.6. The third-order valence-electron chi connectivity index (χ3n) is 12.0. The van der Waals surface area contributed by atoms with E-state index in [4.69, 9.17) is 14.2 Å². The molecule has 1 aliphatic rings. The summed E-state index contributed by atoms with van der Waals surface area (Å²) >= 11 is 0. The van der Waals surface area contributed by atoms with Gasteiger partial charge in [0.05, 0.1) is 36.1 Å². The van der Waals surface area contributed by atoms with Crippen LogP contribution in [-0.2, 0) is 38.2 Å². The fourth-order valence-electron chi connectivity index (χ4n) is 8.08. The van der Waals surface area contributed by atoms with Gasteiger partial charge in [-0.3, -0.25) is 28.9 Å². The topological polar surface area (TPSA) is 196 Å². The SMILES string of the molecule is CC[C@H](C)[C@@H]([C@@H](CC(=O)NCCC[C@@H]1C[C@@]1(OC)[C@@H](C)C(=O)N[C@@H](C)C(=O)O)OC)N(C)C(=O)[C@@H](NC(=O)[C@H](C(C)C)N(C)CCCCN(C)C(=O)OC(C)(C)C)C(C)C. The number of nitrogens with zero attached hydrogens (tertiary/aromatic N) is 3. The van der Waals surface area contributed by atoms with Gasteiger partial charge < -0.3 is 45.1 Å². The number of carbonyl (C=O) groups is 6. The van der Waals surface area contributed by atoms with Crippen molar-refractivity contribution in [2.75, 3.05) is 55.0 Å². The van der Waals surface area contributed by atoms with Crippen LogP contribution in [0.5, 0.6) is 0 Å². The van der Waals surface area contributed by atoms with Gasteiger partial charge in [0, 0.05) is 41.4 Å². The fourth-order valence-corrected chi connectivity index (χ4v) is 8.08. The van der Waals surface area contributed by atoms with Gasteiger partial charge in [-0.2, -0.15) is 0 Å². The van der Waals surface area contributed by atoms with Crippen molar-refractivity contribution in [3.05, 3.63) is 0 Å². The van der Waals surface area contributed by atoms with Crippen LogP contribution in [0.4, 0.5) is 4.79 Å². The molecule has 16 nitrogen and oxygen atoms in total. The Balaban J connectivity index is 2.91. The maximum absolute atomic E-state index is 14.3. The van der Waals surface area contributed by atoms with E-state index in [2.05, 4.69) is 16.0 Å².